The van der Waals surface area contributed by atoms with Crippen LogP contribution in [0.25, 0.3) is 0 Å². The predicted octanol–water partition coefficient (Wildman–Crippen LogP) is 4.06. The smallest absolute Gasteiger partial charge is 0.274 e. The van der Waals surface area contributed by atoms with Gasteiger partial charge in [-0.1, -0.05) is 39.3 Å². The maximum atomic E-state index is 12.3. The molecule has 1 aromatic carbocycles. The summed E-state index contributed by atoms with van der Waals surface area (Å²) in [5.74, 6) is 0.725. The second-order valence-electron chi connectivity index (χ2n) is 5.78. The number of anilines is 2. The molecule has 0 aliphatic carbocycles. The van der Waals surface area contributed by atoms with Crippen LogP contribution in [0.3, 0.4) is 0 Å². The first-order valence-corrected chi connectivity index (χ1v) is 8.08. The van der Waals surface area contributed by atoms with Crippen LogP contribution in [0.1, 0.15) is 55.6 Å². The lowest BCUT2D eigenvalue weighted by Crippen LogP contribution is -2.15. The third-order valence-electron chi connectivity index (χ3n) is 3.54. The highest BCUT2D eigenvalue weighted by Crippen LogP contribution is 2.17. The van der Waals surface area contributed by atoms with Crippen molar-refractivity contribution in [2.45, 2.75) is 39.5 Å². The molecule has 0 unspecified atom stereocenters. The maximum Gasteiger partial charge on any atom is 0.274 e. The molecule has 122 valence electrons. The number of nitrogens with one attached hydrogen (secondary N) is 2. The molecule has 23 heavy (non-hydrogen) atoms. The number of hydrogen-bond donors (Lipinski definition) is 2. The van der Waals surface area contributed by atoms with Gasteiger partial charge >= 0.3 is 0 Å². The molecule has 2 rings (SSSR count). The molecule has 5 heteroatoms. The Morgan fingerprint density at radius 2 is 1.91 bits per heavy atom. The molecule has 0 aliphatic rings. The first kappa shape index (κ1) is 16.9. The third-order valence-corrected chi connectivity index (χ3v) is 3.54. The number of unbranched alkanes of at least 4 members (excludes halogenated alkanes) is 1. The molecule has 0 saturated carbocycles. The number of rotatable bonds is 7. The van der Waals surface area contributed by atoms with Crippen LogP contribution in [0.5, 0.6) is 0 Å². The van der Waals surface area contributed by atoms with Gasteiger partial charge in [-0.3, -0.25) is 4.79 Å². The van der Waals surface area contributed by atoms with Crippen LogP contribution in [0.4, 0.5) is 11.6 Å². The largest absolute Gasteiger partial charge is 0.354 e. The van der Waals surface area contributed by atoms with E-state index in [0.29, 0.717) is 17.6 Å². The average Bonchev–Trinajstić information content (AvgIpc) is 2.56. The van der Waals surface area contributed by atoms with Crippen LogP contribution in [-0.2, 0) is 0 Å². The molecule has 1 aromatic heterocycles. The monoisotopic (exact) mass is 312 g/mol. The van der Waals surface area contributed by atoms with Gasteiger partial charge in [0.2, 0.25) is 5.95 Å². The van der Waals surface area contributed by atoms with Crippen LogP contribution in [0.15, 0.2) is 36.5 Å². The van der Waals surface area contributed by atoms with Crippen LogP contribution < -0.4 is 10.6 Å². The first-order chi connectivity index (χ1) is 11.1. The molecular formula is C18H24N4O. The van der Waals surface area contributed by atoms with Crippen molar-refractivity contribution in [2.75, 3.05) is 17.2 Å². The number of hydrogen-bond acceptors (Lipinski definition) is 4. The number of nitrogens with zero attached hydrogens (tertiary/aromatic N) is 2. The summed E-state index contributed by atoms with van der Waals surface area (Å²) in [5.41, 5.74) is 2.36. The lowest BCUT2D eigenvalue weighted by molar-refractivity contribution is 0.102. The molecule has 5 nitrogen and oxygen atoms in total. The Morgan fingerprint density at radius 3 is 2.57 bits per heavy atom. The minimum absolute atomic E-state index is 0.233. The van der Waals surface area contributed by atoms with Gasteiger partial charge < -0.3 is 10.6 Å². The predicted molar refractivity (Wildman–Crippen MR) is 93.9 cm³/mol. The van der Waals surface area contributed by atoms with Crippen molar-refractivity contribution in [3.05, 3.63) is 47.8 Å². The average molecular weight is 312 g/mol. The molecule has 1 heterocycles. The number of carbonyl (C=O) groups excluding carboxylic acids is 1. The van der Waals surface area contributed by atoms with Gasteiger partial charge in [-0.15, -0.1) is 0 Å². The van der Waals surface area contributed by atoms with Gasteiger partial charge in [0.1, 0.15) is 5.69 Å². The SMILES string of the molecule is CCCCNc1nccc(C(=O)Nc2ccc(C(C)C)cc2)n1. The summed E-state index contributed by atoms with van der Waals surface area (Å²) in [6, 6.07) is 9.49. The Hall–Kier alpha value is -2.43. The van der Waals surface area contributed by atoms with E-state index in [1.165, 1.54) is 5.56 Å². The van der Waals surface area contributed by atoms with Crippen molar-refractivity contribution in [2.24, 2.45) is 0 Å². The normalized spacial score (nSPS) is 10.6. The lowest BCUT2D eigenvalue weighted by Gasteiger charge is -2.09. The second kappa shape index (κ2) is 8.27. The minimum atomic E-state index is -0.233. The number of carbonyl (C=O) groups is 1. The van der Waals surface area contributed by atoms with E-state index in [0.717, 1.165) is 25.1 Å². The van der Waals surface area contributed by atoms with Gasteiger partial charge in [0.25, 0.3) is 5.91 Å². The Bertz CT molecular complexity index is 638. The van der Waals surface area contributed by atoms with Gasteiger partial charge in [-0.2, -0.15) is 0 Å². The fourth-order valence-corrected chi connectivity index (χ4v) is 2.09. The Balaban J connectivity index is 2.01. The van der Waals surface area contributed by atoms with Gasteiger partial charge in [-0.25, -0.2) is 9.97 Å². The van der Waals surface area contributed by atoms with E-state index in [-0.39, 0.29) is 5.91 Å². The number of amides is 1. The van der Waals surface area contributed by atoms with Gasteiger partial charge in [-0.05, 0) is 36.1 Å². The molecule has 0 fully saturated rings. The van der Waals surface area contributed by atoms with E-state index in [9.17, 15) is 4.79 Å². The fraction of sp³-hybridized carbons (Fsp3) is 0.389. The molecule has 2 N–H and O–H groups in total. The molecule has 0 radical (unpaired) electrons. The van der Waals surface area contributed by atoms with E-state index >= 15 is 0 Å². The molecule has 0 bridgehead atoms. The van der Waals surface area contributed by atoms with Crippen molar-refractivity contribution < 1.29 is 4.79 Å². The van der Waals surface area contributed by atoms with E-state index in [1.807, 2.05) is 24.3 Å². The highest BCUT2D eigenvalue weighted by Gasteiger charge is 2.09. The summed E-state index contributed by atoms with van der Waals surface area (Å²) in [6.45, 7) is 7.21. The standard InChI is InChI=1S/C18H24N4O/c1-4-5-11-19-18-20-12-10-16(22-18)17(23)21-15-8-6-14(7-9-15)13(2)3/h6-10,12-13H,4-5,11H2,1-3H3,(H,21,23)(H,19,20,22). The van der Waals surface area contributed by atoms with E-state index in [2.05, 4.69) is 41.4 Å². The summed E-state index contributed by atoms with van der Waals surface area (Å²) in [4.78, 5) is 20.7. The van der Waals surface area contributed by atoms with Crippen molar-refractivity contribution >= 4 is 17.5 Å². The maximum absolute atomic E-state index is 12.3. The van der Waals surface area contributed by atoms with Crippen LogP contribution in [-0.4, -0.2) is 22.4 Å². The quantitative estimate of drug-likeness (QED) is 0.756. The van der Waals surface area contributed by atoms with Crippen LogP contribution in [0.2, 0.25) is 0 Å². The summed E-state index contributed by atoms with van der Waals surface area (Å²) >= 11 is 0. The molecule has 2 aromatic rings. The van der Waals surface area contributed by atoms with Crippen molar-refractivity contribution in [3.8, 4) is 0 Å². The van der Waals surface area contributed by atoms with Gasteiger partial charge in [0.05, 0.1) is 0 Å². The number of benzene rings is 1. The topological polar surface area (TPSA) is 66.9 Å². The number of aromatic nitrogens is 2. The Morgan fingerprint density at radius 1 is 1.17 bits per heavy atom. The van der Waals surface area contributed by atoms with E-state index in [4.69, 9.17) is 0 Å². The highest BCUT2D eigenvalue weighted by molar-refractivity contribution is 6.02. The zero-order chi connectivity index (χ0) is 16.7. The molecule has 1 amide bonds. The summed E-state index contributed by atoms with van der Waals surface area (Å²) in [7, 11) is 0. The zero-order valence-corrected chi connectivity index (χ0v) is 14.0. The summed E-state index contributed by atoms with van der Waals surface area (Å²) in [5, 5.41) is 5.98. The summed E-state index contributed by atoms with van der Waals surface area (Å²) < 4.78 is 0. The van der Waals surface area contributed by atoms with Crippen molar-refractivity contribution in [1.29, 1.82) is 0 Å². The fourth-order valence-electron chi connectivity index (χ4n) is 2.09. The lowest BCUT2D eigenvalue weighted by atomic mass is 10.0. The van der Waals surface area contributed by atoms with Gasteiger partial charge in [0, 0.05) is 18.4 Å². The third kappa shape index (κ3) is 5.06. The highest BCUT2D eigenvalue weighted by atomic mass is 16.1. The minimum Gasteiger partial charge on any atom is -0.354 e. The van der Waals surface area contributed by atoms with Crippen LogP contribution >= 0.6 is 0 Å². The van der Waals surface area contributed by atoms with E-state index < -0.39 is 0 Å². The van der Waals surface area contributed by atoms with Crippen LogP contribution in [0, 0.1) is 0 Å². The van der Waals surface area contributed by atoms with Crippen molar-refractivity contribution in [1.82, 2.24) is 9.97 Å². The van der Waals surface area contributed by atoms with E-state index in [1.54, 1.807) is 12.3 Å². The summed E-state index contributed by atoms with van der Waals surface area (Å²) in [6.07, 6.45) is 3.74. The molecule has 0 spiro atoms. The van der Waals surface area contributed by atoms with Crippen molar-refractivity contribution in [3.63, 3.8) is 0 Å². The second-order valence-corrected chi connectivity index (χ2v) is 5.78. The zero-order valence-electron chi connectivity index (χ0n) is 14.0. The molecular weight excluding hydrogens is 288 g/mol. The first-order valence-electron chi connectivity index (χ1n) is 8.08. The Labute approximate surface area is 137 Å². The molecule has 0 atom stereocenters. The van der Waals surface area contributed by atoms with Gasteiger partial charge in [0.15, 0.2) is 0 Å². The molecule has 0 aliphatic heterocycles. The Kier molecular flexibility index (Phi) is 6.09. The molecule has 0 saturated heterocycles.